The maximum Gasteiger partial charge on any atom is 0.255 e. The number of para-hydroxylation sites is 1. The number of nitrogens with zero attached hydrogens (tertiary/aromatic N) is 1. The summed E-state index contributed by atoms with van der Waals surface area (Å²) in [5.74, 6) is -0.442. The molecule has 0 bridgehead atoms. The molecule has 0 aromatic heterocycles. The van der Waals surface area contributed by atoms with Gasteiger partial charge in [0, 0.05) is 29.9 Å². The molecule has 26 heavy (non-hydrogen) atoms. The summed E-state index contributed by atoms with van der Waals surface area (Å²) in [6, 6.07) is 12.6. The third-order valence-electron chi connectivity index (χ3n) is 4.16. The van der Waals surface area contributed by atoms with Crippen molar-refractivity contribution in [2.24, 2.45) is 0 Å². The van der Waals surface area contributed by atoms with Crippen LogP contribution in [-0.2, 0) is 10.0 Å². The van der Waals surface area contributed by atoms with E-state index in [1.165, 1.54) is 29.6 Å². The van der Waals surface area contributed by atoms with Gasteiger partial charge in [-0.2, -0.15) is 4.31 Å². The molecule has 0 unspecified atom stereocenters. The van der Waals surface area contributed by atoms with Crippen molar-refractivity contribution in [2.45, 2.75) is 37.8 Å². The first-order chi connectivity index (χ1) is 12.1. The summed E-state index contributed by atoms with van der Waals surface area (Å²) in [7, 11) is -2.17. The Bertz CT molecular complexity index is 892. The highest BCUT2D eigenvalue weighted by Crippen LogP contribution is 2.23. The zero-order valence-corrected chi connectivity index (χ0v) is 16.1. The second kappa shape index (κ2) is 7.99. The Morgan fingerprint density at radius 2 is 1.73 bits per heavy atom. The Balaban J connectivity index is 2.33. The number of sulfonamides is 1. The van der Waals surface area contributed by atoms with Crippen LogP contribution in [0.25, 0.3) is 0 Å². The van der Waals surface area contributed by atoms with Gasteiger partial charge < -0.3 is 10.4 Å². The molecule has 1 amide bonds. The molecule has 2 aromatic rings. The summed E-state index contributed by atoms with van der Waals surface area (Å²) in [5, 5.41) is 12.5. The second-order valence-corrected chi connectivity index (χ2v) is 8.36. The first kappa shape index (κ1) is 20.1. The molecular formula is C19H24N2O4S. The molecule has 0 saturated heterocycles. The van der Waals surface area contributed by atoms with Crippen molar-refractivity contribution in [3.63, 3.8) is 0 Å². The first-order valence-electron chi connectivity index (χ1n) is 8.31. The molecule has 2 rings (SSSR count). The van der Waals surface area contributed by atoms with Crippen LogP contribution in [0.2, 0.25) is 0 Å². The van der Waals surface area contributed by atoms with Crippen LogP contribution in [-0.4, -0.2) is 36.8 Å². The number of carbonyl (C=O) groups excluding carboxylic acids is 1. The molecule has 7 heteroatoms. The number of aliphatic hydroxyl groups excluding tert-OH is 1. The van der Waals surface area contributed by atoms with E-state index in [1.807, 2.05) is 0 Å². The molecule has 0 aliphatic heterocycles. The van der Waals surface area contributed by atoms with Gasteiger partial charge in [0.1, 0.15) is 0 Å². The van der Waals surface area contributed by atoms with Crippen LogP contribution < -0.4 is 5.32 Å². The highest BCUT2D eigenvalue weighted by Gasteiger charge is 2.24. The summed E-state index contributed by atoms with van der Waals surface area (Å²) < 4.78 is 26.5. The van der Waals surface area contributed by atoms with Crippen molar-refractivity contribution in [1.82, 2.24) is 4.31 Å². The quantitative estimate of drug-likeness (QED) is 0.811. The van der Waals surface area contributed by atoms with Gasteiger partial charge in [-0.1, -0.05) is 24.3 Å². The molecule has 2 N–H and O–H groups in total. The van der Waals surface area contributed by atoms with Gasteiger partial charge in [-0.05, 0) is 45.0 Å². The Morgan fingerprint density at radius 3 is 2.35 bits per heavy atom. The number of nitrogens with one attached hydrogen (secondary N) is 1. The number of amides is 1. The number of hydrogen-bond donors (Lipinski definition) is 2. The molecule has 0 aliphatic rings. The number of anilines is 1. The van der Waals surface area contributed by atoms with E-state index >= 15 is 0 Å². The zero-order chi connectivity index (χ0) is 19.5. The maximum atomic E-state index is 12.6. The van der Waals surface area contributed by atoms with Gasteiger partial charge in [0.05, 0.1) is 11.0 Å². The third-order valence-corrected chi connectivity index (χ3v) is 6.19. The predicted molar refractivity (Wildman–Crippen MR) is 102 cm³/mol. The summed E-state index contributed by atoms with van der Waals surface area (Å²) in [4.78, 5) is 12.6. The van der Waals surface area contributed by atoms with Crippen molar-refractivity contribution >= 4 is 21.6 Å². The van der Waals surface area contributed by atoms with Crippen molar-refractivity contribution in [2.75, 3.05) is 12.4 Å². The number of rotatable bonds is 6. The minimum absolute atomic E-state index is 0.0603. The lowest BCUT2D eigenvalue weighted by Gasteiger charge is -2.21. The smallest absolute Gasteiger partial charge is 0.255 e. The van der Waals surface area contributed by atoms with Crippen LogP contribution in [0.1, 0.15) is 42.8 Å². The highest BCUT2D eigenvalue weighted by molar-refractivity contribution is 7.89. The van der Waals surface area contributed by atoms with Crippen LogP contribution in [0.5, 0.6) is 0 Å². The monoisotopic (exact) mass is 376 g/mol. The Morgan fingerprint density at radius 1 is 1.08 bits per heavy atom. The summed E-state index contributed by atoms with van der Waals surface area (Å²) >= 11 is 0. The fraction of sp³-hybridized carbons (Fsp3) is 0.316. The number of aliphatic hydroxyl groups is 1. The van der Waals surface area contributed by atoms with E-state index in [4.69, 9.17) is 0 Å². The van der Waals surface area contributed by atoms with Crippen LogP contribution >= 0.6 is 0 Å². The SMILES string of the molecule is CC(C)N(C)S(=O)(=O)c1cccc(C(=O)Nc2ccccc2[C@@H](C)O)c1. The van der Waals surface area contributed by atoms with Crippen molar-refractivity contribution in [3.8, 4) is 0 Å². The molecule has 0 spiro atoms. The molecule has 6 nitrogen and oxygen atoms in total. The average Bonchev–Trinajstić information content (AvgIpc) is 2.61. The van der Waals surface area contributed by atoms with Gasteiger partial charge in [0.15, 0.2) is 0 Å². The van der Waals surface area contributed by atoms with Gasteiger partial charge in [-0.15, -0.1) is 0 Å². The maximum absolute atomic E-state index is 12.6. The lowest BCUT2D eigenvalue weighted by atomic mass is 10.1. The molecule has 0 aliphatic carbocycles. The van der Waals surface area contributed by atoms with Gasteiger partial charge in [0.2, 0.25) is 10.0 Å². The fourth-order valence-electron chi connectivity index (χ4n) is 2.41. The average molecular weight is 376 g/mol. The number of hydrogen-bond acceptors (Lipinski definition) is 4. The zero-order valence-electron chi connectivity index (χ0n) is 15.3. The molecule has 1 atom stereocenters. The molecule has 0 saturated carbocycles. The molecule has 0 fully saturated rings. The Hall–Kier alpha value is -2.22. The van der Waals surface area contributed by atoms with Gasteiger partial charge >= 0.3 is 0 Å². The van der Waals surface area contributed by atoms with Crippen molar-refractivity contribution in [3.05, 3.63) is 59.7 Å². The second-order valence-electron chi connectivity index (χ2n) is 6.36. The topological polar surface area (TPSA) is 86.7 Å². The Labute approximate surface area is 154 Å². The van der Waals surface area contributed by atoms with Crippen LogP contribution in [0.4, 0.5) is 5.69 Å². The highest BCUT2D eigenvalue weighted by atomic mass is 32.2. The van der Waals surface area contributed by atoms with Crippen molar-refractivity contribution in [1.29, 1.82) is 0 Å². The van der Waals surface area contributed by atoms with E-state index < -0.39 is 22.0 Å². The lowest BCUT2D eigenvalue weighted by molar-refractivity contribution is 0.102. The van der Waals surface area contributed by atoms with Gasteiger partial charge in [0.25, 0.3) is 5.91 Å². The largest absolute Gasteiger partial charge is 0.389 e. The Kier molecular flexibility index (Phi) is 6.17. The van der Waals surface area contributed by atoms with Gasteiger partial charge in [-0.25, -0.2) is 8.42 Å². The summed E-state index contributed by atoms with van der Waals surface area (Å²) in [6.07, 6.45) is -0.738. The number of carbonyl (C=O) groups is 1. The lowest BCUT2D eigenvalue weighted by Crippen LogP contribution is -2.33. The van der Waals surface area contributed by atoms with E-state index in [-0.39, 0.29) is 16.5 Å². The van der Waals surface area contributed by atoms with Crippen LogP contribution in [0.15, 0.2) is 53.4 Å². The molecule has 140 valence electrons. The summed E-state index contributed by atoms with van der Waals surface area (Å²) in [6.45, 7) is 5.17. The van der Waals surface area contributed by atoms with Crippen LogP contribution in [0, 0.1) is 0 Å². The number of benzene rings is 2. The molecular weight excluding hydrogens is 352 g/mol. The van der Waals surface area contributed by atoms with E-state index in [1.54, 1.807) is 51.1 Å². The van der Waals surface area contributed by atoms with E-state index in [9.17, 15) is 18.3 Å². The van der Waals surface area contributed by atoms with Gasteiger partial charge in [-0.3, -0.25) is 4.79 Å². The molecule has 2 aromatic carbocycles. The standard InChI is InChI=1S/C19H24N2O4S/c1-13(2)21(4)26(24,25)16-9-7-8-15(12-16)19(23)20-18-11-6-5-10-17(18)14(3)22/h5-14,22H,1-4H3,(H,20,23)/t14-/m1/s1. The fourth-order valence-corrected chi connectivity index (χ4v) is 3.83. The minimum atomic E-state index is -3.68. The van der Waals surface area contributed by atoms with Crippen molar-refractivity contribution < 1.29 is 18.3 Å². The predicted octanol–water partition coefficient (Wildman–Crippen LogP) is 3.02. The first-order valence-corrected chi connectivity index (χ1v) is 9.75. The summed E-state index contributed by atoms with van der Waals surface area (Å²) in [5.41, 5.74) is 1.30. The molecule has 0 radical (unpaired) electrons. The van der Waals surface area contributed by atoms with E-state index in [0.29, 0.717) is 11.3 Å². The van der Waals surface area contributed by atoms with E-state index in [2.05, 4.69) is 5.32 Å². The third kappa shape index (κ3) is 4.30. The van der Waals surface area contributed by atoms with E-state index in [0.717, 1.165) is 0 Å². The van der Waals surface area contributed by atoms with Crippen LogP contribution in [0.3, 0.4) is 0 Å². The molecule has 0 heterocycles. The normalized spacial score (nSPS) is 13.0. The minimum Gasteiger partial charge on any atom is -0.389 e.